The molecule has 0 bridgehead atoms. The maximum absolute atomic E-state index is 12.3. The van der Waals surface area contributed by atoms with E-state index >= 15 is 0 Å². The largest absolute Gasteiger partial charge is 0.480 e. The van der Waals surface area contributed by atoms with Gasteiger partial charge < -0.3 is 36.6 Å². The Morgan fingerprint density at radius 2 is 1.77 bits per heavy atom. The molecule has 11 nitrogen and oxygen atoms in total. The summed E-state index contributed by atoms with van der Waals surface area (Å²) >= 11 is 0. The first-order chi connectivity index (χ1) is 12.2. The molecule has 1 aliphatic rings. The van der Waals surface area contributed by atoms with E-state index in [4.69, 9.17) is 5.11 Å². The highest BCUT2D eigenvalue weighted by Gasteiger charge is 2.32. The maximum atomic E-state index is 12.3. The molecule has 1 saturated heterocycles. The van der Waals surface area contributed by atoms with Crippen molar-refractivity contribution in [3.05, 3.63) is 0 Å². The molecular formula is C15H26N4O7. The van der Waals surface area contributed by atoms with Gasteiger partial charge >= 0.3 is 5.97 Å². The Morgan fingerprint density at radius 1 is 1.12 bits per heavy atom. The minimum atomic E-state index is -1.42. The number of aliphatic hydroxyl groups is 2. The molecule has 26 heavy (non-hydrogen) atoms. The summed E-state index contributed by atoms with van der Waals surface area (Å²) in [5.41, 5.74) is 0. The molecule has 7 N–H and O–H groups in total. The average Bonchev–Trinajstić information content (AvgIpc) is 3.11. The second-order valence-corrected chi connectivity index (χ2v) is 6.19. The predicted octanol–water partition coefficient (Wildman–Crippen LogP) is -3.33. The second-order valence-electron chi connectivity index (χ2n) is 6.19. The minimum absolute atomic E-state index is 0.451. The number of hydrogen-bond acceptors (Lipinski definition) is 7. The molecule has 0 radical (unpaired) electrons. The zero-order chi connectivity index (χ0) is 19.9. The van der Waals surface area contributed by atoms with Gasteiger partial charge in [-0.25, -0.2) is 0 Å². The highest BCUT2D eigenvalue weighted by molar-refractivity contribution is 5.94. The molecule has 11 heteroatoms. The second kappa shape index (κ2) is 10.0. The van der Waals surface area contributed by atoms with Crippen LogP contribution in [0.15, 0.2) is 0 Å². The van der Waals surface area contributed by atoms with Crippen LogP contribution in [0.25, 0.3) is 0 Å². The number of carbonyl (C=O) groups excluding carboxylic acids is 3. The lowest BCUT2D eigenvalue weighted by atomic mass is 10.1. The number of hydrogen-bond donors (Lipinski definition) is 7. The van der Waals surface area contributed by atoms with E-state index in [-0.39, 0.29) is 0 Å². The van der Waals surface area contributed by atoms with Crippen molar-refractivity contribution in [3.8, 4) is 0 Å². The van der Waals surface area contributed by atoms with Gasteiger partial charge in [-0.15, -0.1) is 0 Å². The smallest absolute Gasteiger partial charge is 0.325 e. The van der Waals surface area contributed by atoms with E-state index in [1.54, 1.807) is 0 Å². The van der Waals surface area contributed by atoms with Gasteiger partial charge in [-0.1, -0.05) is 0 Å². The summed E-state index contributed by atoms with van der Waals surface area (Å²) in [6.07, 6.45) is 0.174. The first kappa shape index (κ1) is 21.8. The molecule has 3 amide bonds. The van der Waals surface area contributed by atoms with Crippen molar-refractivity contribution >= 4 is 23.7 Å². The lowest BCUT2D eigenvalue weighted by Crippen LogP contribution is -2.60. The number of amides is 3. The molecule has 0 aromatic carbocycles. The van der Waals surface area contributed by atoms with Crippen LogP contribution in [0.1, 0.15) is 26.7 Å². The Balaban J connectivity index is 2.69. The maximum Gasteiger partial charge on any atom is 0.325 e. The molecule has 0 saturated carbocycles. The zero-order valence-electron chi connectivity index (χ0n) is 14.7. The van der Waals surface area contributed by atoms with Crippen LogP contribution in [0.4, 0.5) is 0 Å². The molecule has 148 valence electrons. The summed E-state index contributed by atoms with van der Waals surface area (Å²) in [4.78, 5) is 47.1. The molecule has 1 heterocycles. The number of rotatable bonds is 9. The van der Waals surface area contributed by atoms with E-state index in [1.165, 1.54) is 13.8 Å². The first-order valence-electron chi connectivity index (χ1n) is 8.33. The van der Waals surface area contributed by atoms with Crippen LogP contribution in [-0.2, 0) is 19.2 Å². The zero-order valence-corrected chi connectivity index (χ0v) is 14.7. The van der Waals surface area contributed by atoms with Crippen molar-refractivity contribution in [2.75, 3.05) is 13.2 Å². The fraction of sp³-hybridized carbons (Fsp3) is 0.733. The van der Waals surface area contributed by atoms with Crippen LogP contribution >= 0.6 is 0 Å². The van der Waals surface area contributed by atoms with Gasteiger partial charge in [-0.05, 0) is 33.2 Å². The van der Waals surface area contributed by atoms with E-state index in [9.17, 15) is 29.4 Å². The topological polar surface area (TPSA) is 177 Å². The molecule has 0 aromatic rings. The van der Waals surface area contributed by atoms with Crippen LogP contribution < -0.4 is 21.3 Å². The summed E-state index contributed by atoms with van der Waals surface area (Å²) in [7, 11) is 0. The fourth-order valence-electron chi connectivity index (χ4n) is 2.40. The van der Waals surface area contributed by atoms with Gasteiger partial charge in [0.05, 0.1) is 18.8 Å². The predicted molar refractivity (Wildman–Crippen MR) is 88.9 cm³/mol. The van der Waals surface area contributed by atoms with Crippen molar-refractivity contribution in [3.63, 3.8) is 0 Å². The Bertz CT molecular complexity index is 534. The number of aliphatic carboxylic acids is 1. The molecule has 1 fully saturated rings. The summed E-state index contributed by atoms with van der Waals surface area (Å²) in [5.74, 6) is -3.50. The summed E-state index contributed by atoms with van der Waals surface area (Å²) < 4.78 is 0. The summed E-state index contributed by atoms with van der Waals surface area (Å²) in [6.45, 7) is 2.42. The molecule has 0 spiro atoms. The number of carboxylic acids is 1. The lowest BCUT2D eigenvalue weighted by molar-refractivity contribution is -0.142. The number of carboxylic acid groups (broad SMARTS) is 1. The van der Waals surface area contributed by atoms with Crippen LogP contribution in [0, 0.1) is 0 Å². The van der Waals surface area contributed by atoms with Crippen molar-refractivity contribution < 1.29 is 34.5 Å². The number of nitrogens with one attached hydrogen (secondary N) is 4. The van der Waals surface area contributed by atoms with Gasteiger partial charge in [0.2, 0.25) is 17.7 Å². The molecule has 0 aromatic heterocycles. The molecule has 1 aliphatic heterocycles. The standard InChI is InChI=1S/C15H26N4O7/c1-7(15(25)26)17-13(23)10(6-20)18-14(24)11(8(2)21)19-12(22)9-4-3-5-16-9/h7-11,16,20-21H,3-6H2,1-2H3,(H,17,23)(H,18,24)(H,19,22)(H,25,26). The number of carbonyl (C=O) groups is 4. The Hall–Kier alpha value is -2.24. The van der Waals surface area contributed by atoms with Crippen LogP contribution in [0.2, 0.25) is 0 Å². The highest BCUT2D eigenvalue weighted by atomic mass is 16.4. The average molecular weight is 374 g/mol. The molecule has 5 atom stereocenters. The van der Waals surface area contributed by atoms with Crippen molar-refractivity contribution in [2.24, 2.45) is 0 Å². The van der Waals surface area contributed by atoms with Gasteiger partial charge in [0.1, 0.15) is 18.1 Å². The minimum Gasteiger partial charge on any atom is -0.480 e. The first-order valence-corrected chi connectivity index (χ1v) is 8.33. The normalized spacial score (nSPS) is 21.2. The monoisotopic (exact) mass is 374 g/mol. The van der Waals surface area contributed by atoms with Gasteiger partial charge in [0.25, 0.3) is 0 Å². The van der Waals surface area contributed by atoms with E-state index in [0.29, 0.717) is 13.0 Å². The summed E-state index contributed by atoms with van der Waals surface area (Å²) in [5, 5.41) is 37.5. The van der Waals surface area contributed by atoms with E-state index < -0.39 is 60.6 Å². The SMILES string of the molecule is CC(NC(=O)C(CO)NC(=O)C(NC(=O)C1CCCN1)C(C)O)C(=O)O. The van der Waals surface area contributed by atoms with Gasteiger partial charge in [-0.2, -0.15) is 0 Å². The lowest BCUT2D eigenvalue weighted by Gasteiger charge is -2.25. The molecular weight excluding hydrogens is 348 g/mol. The third kappa shape index (κ3) is 6.24. The van der Waals surface area contributed by atoms with Gasteiger partial charge in [0, 0.05) is 0 Å². The molecule has 0 aliphatic carbocycles. The molecule has 1 rings (SSSR count). The van der Waals surface area contributed by atoms with E-state index in [0.717, 1.165) is 6.42 Å². The van der Waals surface area contributed by atoms with Crippen LogP contribution in [0.5, 0.6) is 0 Å². The third-order valence-electron chi connectivity index (χ3n) is 3.98. The highest BCUT2D eigenvalue weighted by Crippen LogP contribution is 2.06. The Labute approximate surface area is 150 Å². The van der Waals surface area contributed by atoms with Gasteiger partial charge in [0.15, 0.2) is 0 Å². The third-order valence-corrected chi connectivity index (χ3v) is 3.98. The number of aliphatic hydroxyl groups excluding tert-OH is 2. The molecule has 5 unspecified atom stereocenters. The van der Waals surface area contributed by atoms with Crippen LogP contribution in [0.3, 0.4) is 0 Å². The Kier molecular flexibility index (Phi) is 8.42. The van der Waals surface area contributed by atoms with E-state index in [2.05, 4.69) is 21.3 Å². The van der Waals surface area contributed by atoms with Crippen molar-refractivity contribution in [2.45, 2.75) is 57.0 Å². The van der Waals surface area contributed by atoms with Crippen molar-refractivity contribution in [1.29, 1.82) is 0 Å². The van der Waals surface area contributed by atoms with Crippen LogP contribution in [-0.4, -0.2) is 82.4 Å². The quantitative estimate of drug-likeness (QED) is 0.219. The summed E-state index contributed by atoms with van der Waals surface area (Å²) in [6, 6.07) is -4.43. The van der Waals surface area contributed by atoms with E-state index in [1.807, 2.05) is 0 Å². The van der Waals surface area contributed by atoms with Gasteiger partial charge in [-0.3, -0.25) is 19.2 Å². The van der Waals surface area contributed by atoms with Crippen molar-refractivity contribution in [1.82, 2.24) is 21.3 Å². The Morgan fingerprint density at radius 3 is 2.23 bits per heavy atom. The fourth-order valence-corrected chi connectivity index (χ4v) is 2.40.